The maximum atomic E-state index is 13.0. The van der Waals surface area contributed by atoms with Crippen molar-refractivity contribution in [3.8, 4) is 0 Å². The van der Waals surface area contributed by atoms with Crippen LogP contribution in [-0.2, 0) is 30.8 Å². The Morgan fingerprint density at radius 1 is 1.15 bits per heavy atom. The van der Waals surface area contributed by atoms with E-state index in [4.69, 9.17) is 21.5 Å². The average Bonchev–Trinajstić information content (AvgIpc) is 2.61. The number of carbonyl (C=O) groups is 2. The fourth-order valence-electron chi connectivity index (χ4n) is 2.08. The number of hydrogen-bond acceptors (Lipinski definition) is 5. The maximum absolute atomic E-state index is 13.0. The van der Waals surface area contributed by atoms with Gasteiger partial charge >= 0.3 is 5.97 Å². The summed E-state index contributed by atoms with van der Waals surface area (Å²) in [5, 5.41) is 7.29. The Kier molecular flexibility index (Phi) is 6.89. The smallest absolute Gasteiger partial charge is 0.306 e. The molecule has 2 aromatic rings. The lowest BCUT2D eigenvalue weighted by atomic mass is 10.1. The van der Waals surface area contributed by atoms with Crippen LogP contribution in [0.3, 0.4) is 0 Å². The molecular weight excluding hydrogens is 399 g/mol. The molecule has 10 heteroatoms. The number of amides is 1. The second-order valence-corrected chi connectivity index (χ2v) is 7.50. The highest BCUT2D eigenvalue weighted by atomic mass is 35.5. The molecule has 0 aliphatic carbocycles. The van der Waals surface area contributed by atoms with Crippen LogP contribution < -0.4 is 10.5 Å². The number of primary sulfonamides is 1. The van der Waals surface area contributed by atoms with Crippen molar-refractivity contribution in [1.82, 2.24) is 0 Å². The van der Waals surface area contributed by atoms with Crippen LogP contribution in [0, 0.1) is 5.82 Å². The van der Waals surface area contributed by atoms with E-state index in [-0.39, 0.29) is 22.0 Å². The van der Waals surface area contributed by atoms with Crippen molar-refractivity contribution in [2.75, 3.05) is 11.9 Å². The minimum Gasteiger partial charge on any atom is -0.456 e. The van der Waals surface area contributed by atoms with E-state index in [0.717, 1.165) is 6.07 Å². The quantitative estimate of drug-likeness (QED) is 0.674. The summed E-state index contributed by atoms with van der Waals surface area (Å²) >= 11 is 5.61. The molecule has 0 saturated heterocycles. The Hall–Kier alpha value is -2.49. The van der Waals surface area contributed by atoms with Crippen LogP contribution in [0.25, 0.3) is 0 Å². The van der Waals surface area contributed by atoms with Gasteiger partial charge in [0.2, 0.25) is 10.0 Å². The van der Waals surface area contributed by atoms with Crippen LogP contribution >= 0.6 is 11.6 Å². The van der Waals surface area contributed by atoms with Crippen LogP contribution in [-0.4, -0.2) is 26.9 Å². The molecule has 0 aliphatic rings. The van der Waals surface area contributed by atoms with Crippen molar-refractivity contribution >= 4 is 39.2 Å². The van der Waals surface area contributed by atoms with E-state index in [1.807, 2.05) is 0 Å². The average molecular weight is 415 g/mol. The van der Waals surface area contributed by atoms with Gasteiger partial charge in [-0.3, -0.25) is 9.59 Å². The number of hydrogen-bond donors (Lipinski definition) is 2. The normalized spacial score (nSPS) is 11.1. The molecular formula is C17H16ClFN2O5S. The van der Waals surface area contributed by atoms with Crippen molar-refractivity contribution < 1.29 is 27.1 Å². The molecule has 3 N–H and O–H groups in total. The first kappa shape index (κ1) is 20.8. The van der Waals surface area contributed by atoms with Gasteiger partial charge in [0, 0.05) is 12.1 Å². The second kappa shape index (κ2) is 8.94. The highest BCUT2D eigenvalue weighted by molar-refractivity contribution is 7.89. The van der Waals surface area contributed by atoms with Gasteiger partial charge in [0.15, 0.2) is 6.61 Å². The molecule has 2 aromatic carbocycles. The summed E-state index contributed by atoms with van der Waals surface area (Å²) < 4.78 is 40.2. The number of aryl methyl sites for hydroxylation is 1. The number of esters is 1. The Morgan fingerprint density at radius 2 is 1.81 bits per heavy atom. The zero-order valence-electron chi connectivity index (χ0n) is 13.9. The van der Waals surface area contributed by atoms with Crippen LogP contribution in [0.5, 0.6) is 0 Å². The van der Waals surface area contributed by atoms with Gasteiger partial charge in [-0.05, 0) is 42.3 Å². The van der Waals surface area contributed by atoms with E-state index in [1.165, 1.54) is 36.4 Å². The Balaban J connectivity index is 1.77. The second-order valence-electron chi connectivity index (χ2n) is 5.53. The fourth-order valence-corrected chi connectivity index (χ4v) is 2.78. The molecule has 2 rings (SSSR count). The predicted octanol–water partition coefficient (Wildman–Crippen LogP) is 2.24. The number of ether oxygens (including phenoxy) is 1. The third-order valence-electron chi connectivity index (χ3n) is 3.44. The number of halogens is 2. The molecule has 0 atom stereocenters. The maximum Gasteiger partial charge on any atom is 0.306 e. The highest BCUT2D eigenvalue weighted by Crippen LogP contribution is 2.19. The van der Waals surface area contributed by atoms with Crippen molar-refractivity contribution in [1.29, 1.82) is 0 Å². The van der Waals surface area contributed by atoms with Crippen molar-refractivity contribution in [3.05, 3.63) is 58.9 Å². The summed E-state index contributed by atoms with van der Waals surface area (Å²) in [6.45, 7) is -0.502. The Morgan fingerprint density at radius 3 is 2.41 bits per heavy atom. The predicted molar refractivity (Wildman–Crippen MR) is 97.1 cm³/mol. The van der Waals surface area contributed by atoms with E-state index in [1.54, 1.807) is 0 Å². The van der Waals surface area contributed by atoms with E-state index in [9.17, 15) is 22.4 Å². The van der Waals surface area contributed by atoms with Gasteiger partial charge in [-0.1, -0.05) is 23.7 Å². The molecule has 0 spiro atoms. The summed E-state index contributed by atoms with van der Waals surface area (Å²) in [5.41, 5.74) is 0.988. The third kappa shape index (κ3) is 6.63. The molecule has 0 fully saturated rings. The Bertz CT molecular complexity index is 948. The number of carbonyl (C=O) groups excluding carboxylic acids is 2. The summed E-state index contributed by atoms with van der Waals surface area (Å²) in [6.07, 6.45) is 0.309. The lowest BCUT2D eigenvalue weighted by Gasteiger charge is -2.07. The van der Waals surface area contributed by atoms with E-state index in [0.29, 0.717) is 12.0 Å². The summed E-state index contributed by atoms with van der Waals surface area (Å²) in [7, 11) is -3.77. The van der Waals surface area contributed by atoms with Crippen molar-refractivity contribution in [3.63, 3.8) is 0 Å². The lowest BCUT2D eigenvalue weighted by Crippen LogP contribution is -2.21. The SMILES string of the molecule is NS(=O)(=O)c1ccc(CCC(=O)OCC(=O)Nc2ccc(F)c(Cl)c2)cc1. The molecule has 0 saturated carbocycles. The number of anilines is 1. The largest absolute Gasteiger partial charge is 0.456 e. The molecule has 0 radical (unpaired) electrons. The lowest BCUT2D eigenvalue weighted by molar-refractivity contribution is -0.147. The first-order valence-electron chi connectivity index (χ1n) is 7.67. The van der Waals surface area contributed by atoms with E-state index >= 15 is 0 Å². The molecule has 1 amide bonds. The van der Waals surface area contributed by atoms with Crippen molar-refractivity contribution in [2.24, 2.45) is 5.14 Å². The van der Waals surface area contributed by atoms with Crippen LogP contribution in [0.1, 0.15) is 12.0 Å². The fraction of sp³-hybridized carbons (Fsp3) is 0.176. The number of nitrogens with two attached hydrogens (primary N) is 1. The van der Waals surface area contributed by atoms with Crippen LogP contribution in [0.4, 0.5) is 10.1 Å². The summed E-state index contributed by atoms with van der Waals surface area (Å²) in [4.78, 5) is 23.4. The summed E-state index contributed by atoms with van der Waals surface area (Å²) in [6, 6.07) is 9.43. The zero-order valence-corrected chi connectivity index (χ0v) is 15.5. The van der Waals surface area contributed by atoms with Gasteiger partial charge in [-0.15, -0.1) is 0 Å². The zero-order chi connectivity index (χ0) is 20.0. The first-order chi connectivity index (χ1) is 12.6. The number of sulfonamides is 1. The minimum atomic E-state index is -3.77. The van der Waals surface area contributed by atoms with Crippen LogP contribution in [0.2, 0.25) is 5.02 Å². The molecule has 0 aliphatic heterocycles. The standard InChI is InChI=1S/C17H16ClFN2O5S/c18-14-9-12(4-7-15(14)19)21-16(22)10-26-17(23)8-3-11-1-5-13(6-2-11)27(20,24)25/h1-2,4-7,9H,3,8,10H2,(H,21,22)(H2,20,24,25). The molecule has 0 heterocycles. The molecule has 0 bridgehead atoms. The van der Waals surface area contributed by atoms with Gasteiger partial charge < -0.3 is 10.1 Å². The number of rotatable bonds is 7. The molecule has 0 aromatic heterocycles. The van der Waals surface area contributed by atoms with Crippen molar-refractivity contribution in [2.45, 2.75) is 17.7 Å². The highest BCUT2D eigenvalue weighted by Gasteiger charge is 2.11. The number of benzene rings is 2. The minimum absolute atomic E-state index is 0.00434. The van der Waals surface area contributed by atoms with Gasteiger partial charge in [-0.25, -0.2) is 17.9 Å². The number of nitrogens with one attached hydrogen (secondary N) is 1. The molecule has 27 heavy (non-hydrogen) atoms. The third-order valence-corrected chi connectivity index (χ3v) is 4.66. The monoisotopic (exact) mass is 414 g/mol. The summed E-state index contributed by atoms with van der Waals surface area (Å²) in [5.74, 6) is -1.81. The first-order valence-corrected chi connectivity index (χ1v) is 9.60. The Labute approximate surface area is 160 Å². The molecule has 144 valence electrons. The van der Waals surface area contributed by atoms with Gasteiger partial charge in [0.25, 0.3) is 5.91 Å². The molecule has 0 unspecified atom stereocenters. The molecule has 7 nitrogen and oxygen atoms in total. The van der Waals surface area contributed by atoms with Gasteiger partial charge in [0.1, 0.15) is 5.82 Å². The van der Waals surface area contributed by atoms with Gasteiger partial charge in [-0.2, -0.15) is 0 Å². The van der Waals surface area contributed by atoms with E-state index < -0.39 is 34.3 Å². The van der Waals surface area contributed by atoms with Gasteiger partial charge in [0.05, 0.1) is 9.92 Å². The van der Waals surface area contributed by atoms with Crippen LogP contribution in [0.15, 0.2) is 47.4 Å². The topological polar surface area (TPSA) is 116 Å². The van der Waals surface area contributed by atoms with E-state index in [2.05, 4.69) is 5.32 Å².